The molecule has 0 aliphatic carbocycles. The Bertz CT molecular complexity index is 1500. The van der Waals surface area contributed by atoms with Gasteiger partial charge in [0.1, 0.15) is 11.6 Å². The summed E-state index contributed by atoms with van der Waals surface area (Å²) in [6.45, 7) is 2.02. The summed E-state index contributed by atoms with van der Waals surface area (Å²) in [4.78, 5) is 37.3. The van der Waals surface area contributed by atoms with Crippen LogP contribution >= 0.6 is 0 Å². The number of aromatic amines is 1. The molecule has 1 saturated heterocycles. The van der Waals surface area contributed by atoms with Gasteiger partial charge in [-0.2, -0.15) is 0 Å². The van der Waals surface area contributed by atoms with Crippen LogP contribution in [-0.4, -0.2) is 40.9 Å². The Labute approximate surface area is 207 Å². The molecule has 1 amide bonds. The lowest BCUT2D eigenvalue weighted by molar-refractivity contribution is -0.132. The van der Waals surface area contributed by atoms with Gasteiger partial charge in [0.2, 0.25) is 5.95 Å². The fraction of sp³-hybridized carbons (Fsp3) is 0.179. The van der Waals surface area contributed by atoms with E-state index < -0.39 is 23.5 Å². The lowest BCUT2D eigenvalue weighted by Crippen LogP contribution is -2.30. The number of aryl methyl sites for hydroxylation is 1. The number of aromatic nitrogens is 2. The first-order valence-electron chi connectivity index (χ1n) is 11.6. The first-order chi connectivity index (χ1) is 17.3. The van der Waals surface area contributed by atoms with Gasteiger partial charge in [-0.05, 0) is 47.9 Å². The molecular formula is C28H25FN4O3. The zero-order chi connectivity index (χ0) is 25.6. The number of nitrogens with zero attached hydrogens (tertiary/aromatic N) is 3. The normalized spacial score (nSPS) is 17.2. The summed E-state index contributed by atoms with van der Waals surface area (Å²) in [5, 5.41) is 11.3. The molecule has 8 heteroatoms. The largest absolute Gasteiger partial charge is 0.507 e. The number of anilines is 2. The SMILES string of the molecule is CCc1ccc(/C(O)=C2\C(=O)C(=O)N(c3nc4ccc(F)cc4[nH]3)C2c2ccc(N(C)C)cc2)cc1. The number of halogens is 1. The van der Waals surface area contributed by atoms with E-state index in [-0.39, 0.29) is 17.3 Å². The van der Waals surface area contributed by atoms with Crippen LogP contribution in [0.3, 0.4) is 0 Å². The number of imidazole rings is 1. The van der Waals surface area contributed by atoms with Crippen LogP contribution in [0.2, 0.25) is 0 Å². The third-order valence-corrected chi connectivity index (χ3v) is 6.46. The Kier molecular flexibility index (Phi) is 5.80. The number of hydrogen-bond donors (Lipinski definition) is 2. The molecule has 1 fully saturated rings. The predicted octanol–water partition coefficient (Wildman–Crippen LogP) is 4.96. The van der Waals surface area contributed by atoms with E-state index in [2.05, 4.69) is 9.97 Å². The summed E-state index contributed by atoms with van der Waals surface area (Å²) in [5.74, 6) is -2.27. The first kappa shape index (κ1) is 23.3. The average molecular weight is 485 g/mol. The van der Waals surface area contributed by atoms with Crippen molar-refractivity contribution in [1.29, 1.82) is 0 Å². The maximum absolute atomic E-state index is 13.8. The van der Waals surface area contributed by atoms with Crippen LogP contribution in [0, 0.1) is 5.82 Å². The molecule has 1 unspecified atom stereocenters. The van der Waals surface area contributed by atoms with Gasteiger partial charge in [-0.25, -0.2) is 9.37 Å². The molecule has 3 aromatic carbocycles. The van der Waals surface area contributed by atoms with E-state index in [4.69, 9.17) is 0 Å². The van der Waals surface area contributed by atoms with Crippen LogP contribution in [0.25, 0.3) is 16.8 Å². The third-order valence-electron chi connectivity index (χ3n) is 6.46. The zero-order valence-corrected chi connectivity index (χ0v) is 20.1. The smallest absolute Gasteiger partial charge is 0.302 e. The summed E-state index contributed by atoms with van der Waals surface area (Å²) in [6, 6.07) is 17.7. The summed E-state index contributed by atoms with van der Waals surface area (Å²) < 4.78 is 13.8. The Morgan fingerprint density at radius 2 is 1.75 bits per heavy atom. The molecule has 182 valence electrons. The van der Waals surface area contributed by atoms with E-state index in [0.29, 0.717) is 22.2 Å². The highest BCUT2D eigenvalue weighted by Gasteiger charge is 2.48. The topological polar surface area (TPSA) is 89.5 Å². The van der Waals surface area contributed by atoms with Gasteiger partial charge >= 0.3 is 5.91 Å². The Morgan fingerprint density at radius 3 is 2.39 bits per heavy atom. The minimum atomic E-state index is -0.933. The molecule has 1 aliphatic rings. The van der Waals surface area contributed by atoms with Gasteiger partial charge in [0, 0.05) is 25.3 Å². The number of ketones is 1. The second kappa shape index (κ2) is 8.96. The van der Waals surface area contributed by atoms with Crippen molar-refractivity contribution in [2.75, 3.05) is 23.9 Å². The monoisotopic (exact) mass is 484 g/mol. The minimum Gasteiger partial charge on any atom is -0.507 e. The number of carbonyl (C=O) groups excluding carboxylic acids is 2. The fourth-order valence-corrected chi connectivity index (χ4v) is 4.46. The summed E-state index contributed by atoms with van der Waals surface area (Å²) in [5.41, 5.74) is 3.88. The molecular weight excluding hydrogens is 459 g/mol. The number of carbonyl (C=O) groups is 2. The van der Waals surface area contributed by atoms with Gasteiger partial charge in [0.15, 0.2) is 0 Å². The van der Waals surface area contributed by atoms with Gasteiger partial charge in [-0.1, -0.05) is 43.3 Å². The van der Waals surface area contributed by atoms with Crippen molar-refractivity contribution in [3.63, 3.8) is 0 Å². The van der Waals surface area contributed by atoms with E-state index in [1.807, 2.05) is 62.3 Å². The second-order valence-corrected chi connectivity index (χ2v) is 8.93. The van der Waals surface area contributed by atoms with E-state index in [1.165, 1.54) is 23.1 Å². The fourth-order valence-electron chi connectivity index (χ4n) is 4.46. The van der Waals surface area contributed by atoms with E-state index >= 15 is 0 Å². The highest BCUT2D eigenvalue weighted by molar-refractivity contribution is 6.51. The number of aliphatic hydroxyl groups excluding tert-OH is 1. The maximum Gasteiger partial charge on any atom is 0.302 e. The standard InChI is InChI=1S/C28H25FN4O3/c1-4-16-5-7-18(8-6-16)25(34)23-24(17-9-12-20(13-10-17)32(2)3)33(27(36)26(23)35)28-30-21-14-11-19(29)15-22(21)31-28/h5-15,24,34H,4H2,1-3H3,(H,30,31)/b25-23+. The van der Waals surface area contributed by atoms with Crippen LogP contribution in [0.1, 0.15) is 29.7 Å². The minimum absolute atomic E-state index is 0.0338. The molecule has 2 N–H and O–H groups in total. The van der Waals surface area contributed by atoms with E-state index in [9.17, 15) is 19.1 Å². The van der Waals surface area contributed by atoms with Gasteiger partial charge < -0.3 is 15.0 Å². The van der Waals surface area contributed by atoms with Crippen molar-refractivity contribution < 1.29 is 19.1 Å². The van der Waals surface area contributed by atoms with Gasteiger partial charge in [-0.3, -0.25) is 14.5 Å². The number of H-pyrrole nitrogens is 1. The summed E-state index contributed by atoms with van der Waals surface area (Å²) >= 11 is 0. The van der Waals surface area contributed by atoms with Crippen molar-refractivity contribution in [2.45, 2.75) is 19.4 Å². The van der Waals surface area contributed by atoms with Gasteiger partial charge in [-0.15, -0.1) is 0 Å². The number of fused-ring (bicyclic) bond motifs is 1. The summed E-state index contributed by atoms with van der Waals surface area (Å²) in [7, 11) is 3.82. The molecule has 0 saturated carbocycles. The Morgan fingerprint density at radius 1 is 1.06 bits per heavy atom. The maximum atomic E-state index is 13.8. The molecule has 0 bridgehead atoms. The van der Waals surface area contributed by atoms with Crippen molar-refractivity contribution in [3.05, 3.63) is 94.8 Å². The third kappa shape index (κ3) is 3.90. The predicted molar refractivity (Wildman–Crippen MR) is 137 cm³/mol. The number of hydrogen-bond acceptors (Lipinski definition) is 5. The number of aliphatic hydroxyl groups is 1. The molecule has 0 spiro atoms. The highest BCUT2D eigenvalue weighted by atomic mass is 19.1. The van der Waals surface area contributed by atoms with Crippen LogP contribution in [0.5, 0.6) is 0 Å². The molecule has 5 rings (SSSR count). The summed E-state index contributed by atoms with van der Waals surface area (Å²) in [6.07, 6.45) is 0.830. The molecule has 7 nitrogen and oxygen atoms in total. The van der Waals surface area contributed by atoms with Gasteiger partial charge in [0.25, 0.3) is 5.78 Å². The Hall–Kier alpha value is -4.46. The second-order valence-electron chi connectivity index (χ2n) is 8.93. The molecule has 0 radical (unpaired) electrons. The van der Waals surface area contributed by atoms with Crippen molar-refractivity contribution >= 4 is 40.1 Å². The Balaban J connectivity index is 1.70. The molecule has 36 heavy (non-hydrogen) atoms. The van der Waals surface area contributed by atoms with E-state index in [1.54, 1.807) is 12.1 Å². The highest BCUT2D eigenvalue weighted by Crippen LogP contribution is 2.42. The number of amides is 1. The average Bonchev–Trinajstić information content (AvgIpc) is 3.41. The van der Waals surface area contributed by atoms with Crippen LogP contribution < -0.4 is 9.80 Å². The van der Waals surface area contributed by atoms with Crippen LogP contribution in [-0.2, 0) is 16.0 Å². The molecule has 4 aromatic rings. The van der Waals surface area contributed by atoms with Crippen molar-refractivity contribution in [2.24, 2.45) is 0 Å². The molecule has 1 aliphatic heterocycles. The molecule has 1 aromatic heterocycles. The zero-order valence-electron chi connectivity index (χ0n) is 20.1. The van der Waals surface area contributed by atoms with Crippen LogP contribution in [0.15, 0.2) is 72.3 Å². The number of benzene rings is 3. The van der Waals surface area contributed by atoms with Crippen molar-refractivity contribution in [1.82, 2.24) is 9.97 Å². The van der Waals surface area contributed by atoms with Gasteiger partial charge in [0.05, 0.1) is 22.6 Å². The lowest BCUT2D eigenvalue weighted by atomic mass is 9.94. The molecule has 2 heterocycles. The van der Waals surface area contributed by atoms with E-state index in [0.717, 1.165) is 17.7 Å². The number of rotatable bonds is 5. The first-order valence-corrected chi connectivity index (χ1v) is 11.6. The number of Topliss-reactive ketones (excluding diaryl/α,β-unsaturated/α-hetero) is 1. The van der Waals surface area contributed by atoms with Crippen molar-refractivity contribution in [3.8, 4) is 0 Å². The van der Waals surface area contributed by atoms with Crippen LogP contribution in [0.4, 0.5) is 16.0 Å². The lowest BCUT2D eigenvalue weighted by Gasteiger charge is -2.23. The molecule has 1 atom stereocenters. The number of nitrogens with one attached hydrogen (secondary N) is 1. The quantitative estimate of drug-likeness (QED) is 0.238.